The first kappa shape index (κ1) is 13.1. The molecule has 0 atom stereocenters. The van der Waals surface area contributed by atoms with Crippen molar-refractivity contribution in [3.8, 4) is 11.5 Å². The monoisotopic (exact) mass is 365 g/mol. The van der Waals surface area contributed by atoms with Crippen molar-refractivity contribution >= 4 is 37.7 Å². The third-order valence-electron chi connectivity index (χ3n) is 4.56. The molecule has 2 aromatic carbocycles. The molecule has 0 saturated carbocycles. The second-order valence-corrected chi connectivity index (χ2v) is 6.66. The first-order valence-corrected chi connectivity index (χ1v) is 8.32. The molecule has 2 aromatic heterocycles. The van der Waals surface area contributed by atoms with Gasteiger partial charge in [0.2, 0.25) is 0 Å². The van der Waals surface area contributed by atoms with E-state index in [1.807, 2.05) is 30.3 Å². The van der Waals surface area contributed by atoms with Gasteiger partial charge in [0, 0.05) is 21.9 Å². The van der Waals surface area contributed by atoms with Gasteiger partial charge >= 0.3 is 0 Å². The van der Waals surface area contributed by atoms with Crippen LogP contribution in [0.1, 0.15) is 5.56 Å². The summed E-state index contributed by atoms with van der Waals surface area (Å²) in [6.07, 6.45) is 0.841. The van der Waals surface area contributed by atoms with E-state index in [1.165, 1.54) is 10.9 Å². The molecule has 4 aromatic rings. The van der Waals surface area contributed by atoms with Crippen LogP contribution in [0.4, 0.5) is 0 Å². The first-order chi connectivity index (χ1) is 11.2. The minimum Gasteiger partial charge on any atom is -0.352 e. The van der Waals surface area contributed by atoms with Gasteiger partial charge in [0.1, 0.15) is 0 Å². The number of hydrogen-bond acceptors (Lipinski definition) is 2. The third kappa shape index (κ3) is 1.71. The number of aryl methyl sites for hydroxylation is 1. The fourth-order valence-corrected chi connectivity index (χ4v) is 3.94. The number of para-hydroxylation sites is 2. The molecular formula is C18H12BrN3O. The molecule has 1 aliphatic heterocycles. The maximum Gasteiger partial charge on any atom is 0.261 e. The lowest BCUT2D eigenvalue weighted by atomic mass is 10.0. The summed E-state index contributed by atoms with van der Waals surface area (Å²) in [5.41, 5.74) is 4.05. The van der Waals surface area contributed by atoms with Gasteiger partial charge in [-0.15, -0.1) is 0 Å². The standard InChI is InChI=1S/C18H12BrN3O/c19-13-6-3-5-12-15(13)21-17-16-11(8-9-22(17)18(12)23)10-4-1-2-7-14(10)20-16/h1-7,20H,8-9H2. The molecule has 0 radical (unpaired) electrons. The van der Waals surface area contributed by atoms with Crippen LogP contribution in [-0.4, -0.2) is 14.5 Å². The minimum atomic E-state index is 0.0237. The summed E-state index contributed by atoms with van der Waals surface area (Å²) in [5, 5.41) is 1.87. The van der Waals surface area contributed by atoms with Crippen molar-refractivity contribution in [1.29, 1.82) is 0 Å². The lowest BCUT2D eigenvalue weighted by molar-refractivity contribution is 0.653. The Morgan fingerprint density at radius 1 is 1.09 bits per heavy atom. The van der Waals surface area contributed by atoms with Crippen LogP contribution in [0.5, 0.6) is 0 Å². The predicted molar refractivity (Wildman–Crippen MR) is 94.7 cm³/mol. The Morgan fingerprint density at radius 3 is 2.83 bits per heavy atom. The number of benzene rings is 2. The molecule has 4 nitrogen and oxygen atoms in total. The molecular weight excluding hydrogens is 354 g/mol. The van der Waals surface area contributed by atoms with Gasteiger partial charge in [0.15, 0.2) is 5.82 Å². The number of halogens is 1. The Kier molecular flexibility index (Phi) is 2.59. The van der Waals surface area contributed by atoms with Gasteiger partial charge in [-0.2, -0.15) is 0 Å². The Bertz CT molecular complexity index is 1160. The Morgan fingerprint density at radius 2 is 1.91 bits per heavy atom. The second-order valence-electron chi connectivity index (χ2n) is 5.80. The van der Waals surface area contributed by atoms with Crippen LogP contribution < -0.4 is 5.56 Å². The van der Waals surface area contributed by atoms with Crippen molar-refractivity contribution in [2.24, 2.45) is 0 Å². The summed E-state index contributed by atoms with van der Waals surface area (Å²) in [6.45, 7) is 0.665. The van der Waals surface area contributed by atoms with E-state index in [2.05, 4.69) is 33.0 Å². The number of nitrogens with zero attached hydrogens (tertiary/aromatic N) is 2. The fraction of sp³-hybridized carbons (Fsp3) is 0.111. The van der Waals surface area contributed by atoms with Gasteiger partial charge in [0.25, 0.3) is 5.56 Å². The number of hydrogen-bond donors (Lipinski definition) is 1. The molecule has 0 aliphatic carbocycles. The number of H-pyrrole nitrogens is 1. The number of aromatic amines is 1. The largest absolute Gasteiger partial charge is 0.352 e. The van der Waals surface area contributed by atoms with E-state index in [4.69, 9.17) is 4.98 Å². The maximum absolute atomic E-state index is 12.8. The van der Waals surface area contributed by atoms with Crippen LogP contribution in [0.25, 0.3) is 33.3 Å². The first-order valence-electron chi connectivity index (χ1n) is 7.53. The number of fused-ring (bicyclic) bond motifs is 6. The molecule has 3 heterocycles. The minimum absolute atomic E-state index is 0.0237. The fourth-order valence-electron chi connectivity index (χ4n) is 3.48. The smallest absolute Gasteiger partial charge is 0.261 e. The van der Waals surface area contributed by atoms with E-state index in [-0.39, 0.29) is 5.56 Å². The average molecular weight is 366 g/mol. The molecule has 5 rings (SSSR count). The highest BCUT2D eigenvalue weighted by molar-refractivity contribution is 9.10. The lowest BCUT2D eigenvalue weighted by Gasteiger charge is -2.19. The van der Waals surface area contributed by atoms with Crippen molar-refractivity contribution in [2.45, 2.75) is 13.0 Å². The van der Waals surface area contributed by atoms with E-state index >= 15 is 0 Å². The van der Waals surface area contributed by atoms with E-state index in [9.17, 15) is 4.79 Å². The molecule has 112 valence electrons. The molecule has 23 heavy (non-hydrogen) atoms. The molecule has 1 N–H and O–H groups in total. The van der Waals surface area contributed by atoms with E-state index in [0.29, 0.717) is 11.9 Å². The van der Waals surface area contributed by atoms with Gasteiger partial charge in [0.05, 0.1) is 16.6 Å². The molecule has 0 amide bonds. The van der Waals surface area contributed by atoms with Crippen LogP contribution in [-0.2, 0) is 13.0 Å². The Labute approximate surface area is 139 Å². The van der Waals surface area contributed by atoms with Crippen molar-refractivity contribution in [2.75, 3.05) is 0 Å². The van der Waals surface area contributed by atoms with Gasteiger partial charge in [-0.3, -0.25) is 9.36 Å². The molecule has 0 saturated heterocycles. The second kappa shape index (κ2) is 4.55. The van der Waals surface area contributed by atoms with Gasteiger partial charge < -0.3 is 4.98 Å². The number of nitrogens with one attached hydrogen (secondary N) is 1. The highest BCUT2D eigenvalue weighted by Gasteiger charge is 2.24. The van der Waals surface area contributed by atoms with Gasteiger partial charge in [-0.05, 0) is 46.1 Å². The van der Waals surface area contributed by atoms with Crippen LogP contribution in [0.15, 0.2) is 51.7 Å². The molecule has 5 heteroatoms. The van der Waals surface area contributed by atoms with Crippen molar-refractivity contribution in [3.63, 3.8) is 0 Å². The zero-order valence-corrected chi connectivity index (χ0v) is 13.7. The summed E-state index contributed by atoms with van der Waals surface area (Å²) >= 11 is 3.51. The Hall–Kier alpha value is -2.40. The lowest BCUT2D eigenvalue weighted by Crippen LogP contribution is -2.27. The summed E-state index contributed by atoms with van der Waals surface area (Å²) in [5.74, 6) is 0.729. The molecule has 1 aliphatic rings. The Balaban J connectivity index is 1.94. The van der Waals surface area contributed by atoms with Crippen LogP contribution in [0.2, 0.25) is 0 Å². The van der Waals surface area contributed by atoms with Crippen LogP contribution >= 0.6 is 15.9 Å². The SMILES string of the molecule is O=c1c2cccc(Br)c2nc2n1CCc1c-2[nH]c2ccccc12. The topological polar surface area (TPSA) is 50.7 Å². The predicted octanol–water partition coefficient (Wildman–Crippen LogP) is 3.86. The zero-order chi connectivity index (χ0) is 15.6. The van der Waals surface area contributed by atoms with Crippen LogP contribution in [0.3, 0.4) is 0 Å². The molecule has 0 spiro atoms. The van der Waals surface area contributed by atoms with Crippen molar-refractivity contribution in [3.05, 3.63) is 62.9 Å². The van der Waals surface area contributed by atoms with Crippen molar-refractivity contribution in [1.82, 2.24) is 14.5 Å². The quantitative estimate of drug-likeness (QED) is 0.514. The third-order valence-corrected chi connectivity index (χ3v) is 5.20. The summed E-state index contributed by atoms with van der Waals surface area (Å²) in [4.78, 5) is 21.1. The molecule has 0 fully saturated rings. The maximum atomic E-state index is 12.8. The van der Waals surface area contributed by atoms with Crippen LogP contribution in [0, 0.1) is 0 Å². The van der Waals surface area contributed by atoms with E-state index in [0.717, 1.165) is 33.4 Å². The van der Waals surface area contributed by atoms with Gasteiger partial charge in [-0.1, -0.05) is 24.3 Å². The highest BCUT2D eigenvalue weighted by atomic mass is 79.9. The summed E-state index contributed by atoms with van der Waals surface area (Å²) in [7, 11) is 0. The zero-order valence-electron chi connectivity index (χ0n) is 12.1. The van der Waals surface area contributed by atoms with E-state index in [1.54, 1.807) is 4.57 Å². The average Bonchev–Trinajstić information content (AvgIpc) is 2.95. The normalized spacial score (nSPS) is 13.3. The molecule has 0 bridgehead atoms. The molecule has 0 unspecified atom stereocenters. The van der Waals surface area contributed by atoms with Crippen molar-refractivity contribution < 1.29 is 0 Å². The number of rotatable bonds is 0. The van der Waals surface area contributed by atoms with Gasteiger partial charge in [-0.25, -0.2) is 4.98 Å². The number of aromatic nitrogens is 3. The summed E-state index contributed by atoms with van der Waals surface area (Å²) in [6, 6.07) is 13.9. The highest BCUT2D eigenvalue weighted by Crippen LogP contribution is 2.34. The van der Waals surface area contributed by atoms with E-state index < -0.39 is 0 Å². The summed E-state index contributed by atoms with van der Waals surface area (Å²) < 4.78 is 2.63.